The third-order valence-corrected chi connectivity index (χ3v) is 7.57. The average molecular weight is 387 g/mol. The van der Waals surface area contributed by atoms with Crippen LogP contribution in [0.15, 0.2) is 0 Å². The van der Waals surface area contributed by atoms with Gasteiger partial charge in [0.2, 0.25) is 0 Å². The molecular weight excluding hydrogens is 356 g/mol. The molecule has 23 heavy (non-hydrogen) atoms. The molecule has 0 amide bonds. The Hall–Kier alpha value is 1.19. The molecule has 0 fully saturated rings. The van der Waals surface area contributed by atoms with Crippen molar-refractivity contribution in [2.75, 3.05) is 5.90 Å². The summed E-state index contributed by atoms with van der Waals surface area (Å²) in [4.78, 5) is 0. The van der Waals surface area contributed by atoms with Gasteiger partial charge in [0.25, 0.3) is 0 Å². The SMILES string of the molecule is CC(C)OP(=O)(CP(=O)(OC(C)C)OC(C)C)OC(C)C.[Cl-].[Li+]. The molecular formula is C13H30ClLiO6P2. The van der Waals surface area contributed by atoms with Gasteiger partial charge >= 0.3 is 34.1 Å². The Kier molecular flexibility index (Phi) is 15.8. The van der Waals surface area contributed by atoms with E-state index in [9.17, 15) is 9.13 Å². The summed E-state index contributed by atoms with van der Waals surface area (Å²) in [5, 5.41) is 0. The Morgan fingerprint density at radius 1 is 0.609 bits per heavy atom. The van der Waals surface area contributed by atoms with Crippen molar-refractivity contribution in [3.05, 3.63) is 0 Å². The maximum Gasteiger partial charge on any atom is 1.00 e. The molecule has 0 bridgehead atoms. The summed E-state index contributed by atoms with van der Waals surface area (Å²) < 4.78 is 47.3. The fraction of sp³-hybridized carbons (Fsp3) is 1.00. The van der Waals surface area contributed by atoms with Crippen LogP contribution in [0.2, 0.25) is 0 Å². The van der Waals surface area contributed by atoms with Crippen molar-refractivity contribution in [2.45, 2.75) is 79.8 Å². The molecule has 0 atom stereocenters. The van der Waals surface area contributed by atoms with E-state index in [1.54, 1.807) is 55.4 Å². The summed E-state index contributed by atoms with van der Waals surface area (Å²) in [5.74, 6) is -0.382. The van der Waals surface area contributed by atoms with Crippen molar-refractivity contribution in [2.24, 2.45) is 0 Å². The zero-order valence-corrected chi connectivity index (χ0v) is 18.3. The molecule has 0 aromatic rings. The molecule has 6 nitrogen and oxygen atoms in total. The van der Waals surface area contributed by atoms with Crippen molar-refractivity contribution in [1.82, 2.24) is 0 Å². The van der Waals surface area contributed by atoms with E-state index >= 15 is 0 Å². The molecule has 0 aromatic carbocycles. The molecule has 0 spiro atoms. The van der Waals surface area contributed by atoms with E-state index in [4.69, 9.17) is 18.1 Å². The van der Waals surface area contributed by atoms with Crippen molar-refractivity contribution in [3.63, 3.8) is 0 Å². The second kappa shape index (κ2) is 12.5. The predicted molar refractivity (Wildman–Crippen MR) is 85.0 cm³/mol. The van der Waals surface area contributed by atoms with E-state index in [0.29, 0.717) is 0 Å². The van der Waals surface area contributed by atoms with Crippen LogP contribution >= 0.6 is 15.2 Å². The third kappa shape index (κ3) is 14.1. The first kappa shape index (κ1) is 29.0. The van der Waals surface area contributed by atoms with Crippen molar-refractivity contribution < 1.29 is 58.5 Å². The van der Waals surface area contributed by atoms with Crippen LogP contribution in [-0.2, 0) is 27.2 Å². The fourth-order valence-electron chi connectivity index (χ4n) is 1.68. The van der Waals surface area contributed by atoms with Gasteiger partial charge in [-0.2, -0.15) is 0 Å². The first-order valence-electron chi connectivity index (χ1n) is 7.29. The van der Waals surface area contributed by atoms with Gasteiger partial charge in [-0.3, -0.25) is 9.13 Å². The van der Waals surface area contributed by atoms with Crippen molar-refractivity contribution in [1.29, 1.82) is 0 Å². The van der Waals surface area contributed by atoms with Crippen LogP contribution in [-0.4, -0.2) is 30.3 Å². The Bertz CT molecular complexity index is 340. The summed E-state index contributed by atoms with van der Waals surface area (Å²) in [6.45, 7) is 14.0. The zero-order valence-electron chi connectivity index (χ0n) is 15.7. The molecule has 10 heteroatoms. The fourth-order valence-corrected chi connectivity index (χ4v) is 7.11. The average Bonchev–Trinajstić information content (AvgIpc) is 2.07. The molecule has 0 saturated carbocycles. The maximum absolute atomic E-state index is 12.8. The van der Waals surface area contributed by atoms with Crippen LogP contribution in [0, 0.1) is 0 Å². The number of rotatable bonds is 10. The van der Waals surface area contributed by atoms with E-state index in [-0.39, 0.29) is 61.6 Å². The first-order chi connectivity index (χ1) is 9.37. The molecule has 0 aliphatic rings. The predicted octanol–water partition coefficient (Wildman–Crippen LogP) is -0.962. The number of hydrogen-bond acceptors (Lipinski definition) is 6. The molecule has 0 unspecified atom stereocenters. The second-order valence-electron chi connectivity index (χ2n) is 5.98. The van der Waals surface area contributed by atoms with Gasteiger partial charge in [-0.25, -0.2) is 0 Å². The second-order valence-corrected chi connectivity index (χ2v) is 10.4. The normalized spacial score (nSPS) is 12.7. The first-order valence-corrected chi connectivity index (χ1v) is 10.7. The molecule has 136 valence electrons. The zero-order chi connectivity index (χ0) is 16.8. The minimum atomic E-state index is -3.58. The van der Waals surface area contributed by atoms with Crippen molar-refractivity contribution >= 4 is 15.2 Å². The van der Waals surface area contributed by atoms with Gasteiger partial charge in [-0.05, 0) is 55.4 Å². The van der Waals surface area contributed by atoms with Crippen LogP contribution in [0.1, 0.15) is 55.4 Å². The maximum atomic E-state index is 12.8. The summed E-state index contributed by atoms with van der Waals surface area (Å²) in [6.07, 6.45) is -1.27. The molecule has 0 aliphatic heterocycles. The van der Waals surface area contributed by atoms with Crippen LogP contribution in [0.5, 0.6) is 0 Å². The topological polar surface area (TPSA) is 71.1 Å². The van der Waals surface area contributed by atoms with Gasteiger partial charge in [-0.1, -0.05) is 0 Å². The van der Waals surface area contributed by atoms with Gasteiger partial charge in [-0.15, -0.1) is 0 Å². The Morgan fingerprint density at radius 2 is 0.783 bits per heavy atom. The van der Waals surface area contributed by atoms with Crippen LogP contribution in [0.25, 0.3) is 0 Å². The minimum Gasteiger partial charge on any atom is -1.00 e. The quantitative estimate of drug-likeness (QED) is 0.356. The van der Waals surface area contributed by atoms with E-state index in [2.05, 4.69) is 0 Å². The van der Waals surface area contributed by atoms with E-state index < -0.39 is 15.2 Å². The minimum absolute atomic E-state index is 0. The number of halogens is 1. The molecule has 0 saturated heterocycles. The monoisotopic (exact) mass is 386 g/mol. The Balaban J connectivity index is -0.00000200. The summed E-state index contributed by atoms with van der Waals surface area (Å²) in [7, 11) is -7.16. The molecule has 0 rings (SSSR count). The van der Waals surface area contributed by atoms with Crippen LogP contribution in [0.3, 0.4) is 0 Å². The van der Waals surface area contributed by atoms with Gasteiger partial charge < -0.3 is 30.5 Å². The largest absolute Gasteiger partial charge is 1.00 e. The molecule has 0 radical (unpaired) electrons. The molecule has 0 heterocycles. The van der Waals surface area contributed by atoms with E-state index in [1.807, 2.05) is 0 Å². The van der Waals surface area contributed by atoms with E-state index in [1.165, 1.54) is 0 Å². The molecule has 0 aromatic heterocycles. The molecule has 0 aliphatic carbocycles. The van der Waals surface area contributed by atoms with Gasteiger partial charge in [0.1, 0.15) is 0 Å². The van der Waals surface area contributed by atoms with E-state index in [0.717, 1.165) is 0 Å². The molecule has 0 N–H and O–H groups in total. The van der Waals surface area contributed by atoms with Crippen LogP contribution in [0.4, 0.5) is 0 Å². The standard InChI is InChI=1S/C13H30O6P2.ClH.Li/c1-10(2)16-20(14,17-11(3)4)9-21(15,18-12(5)6)19-13(7)8;;/h10-13H,9H2,1-8H3;1H;/q;;+1/p-1. The van der Waals surface area contributed by atoms with Gasteiger partial charge in [0.15, 0.2) is 5.90 Å². The van der Waals surface area contributed by atoms with Gasteiger partial charge in [0.05, 0.1) is 24.4 Å². The summed E-state index contributed by atoms with van der Waals surface area (Å²) in [6, 6.07) is 0. The Labute approximate surface area is 159 Å². The van der Waals surface area contributed by atoms with Crippen LogP contribution < -0.4 is 31.3 Å². The smallest absolute Gasteiger partial charge is 1.00 e. The Morgan fingerprint density at radius 3 is 0.913 bits per heavy atom. The summed E-state index contributed by atoms with van der Waals surface area (Å²) >= 11 is 0. The number of hydrogen-bond donors (Lipinski definition) is 0. The summed E-state index contributed by atoms with van der Waals surface area (Å²) in [5.41, 5.74) is 0. The third-order valence-electron chi connectivity index (χ3n) is 1.83. The van der Waals surface area contributed by atoms with Gasteiger partial charge in [0, 0.05) is 0 Å². The van der Waals surface area contributed by atoms with Crippen molar-refractivity contribution in [3.8, 4) is 0 Å².